The van der Waals surface area contributed by atoms with E-state index in [1.807, 2.05) is 60.7 Å². The van der Waals surface area contributed by atoms with Crippen molar-refractivity contribution >= 4 is 66.1 Å². The van der Waals surface area contributed by atoms with Gasteiger partial charge in [-0.2, -0.15) is 0 Å². The summed E-state index contributed by atoms with van der Waals surface area (Å²) in [6.07, 6.45) is 0. The highest BCUT2D eigenvalue weighted by Crippen LogP contribution is 2.47. The van der Waals surface area contributed by atoms with E-state index in [-0.39, 0.29) is 0 Å². The van der Waals surface area contributed by atoms with Crippen LogP contribution in [0, 0.1) is 0 Å². The lowest BCUT2D eigenvalue weighted by atomic mass is 9.88. The van der Waals surface area contributed by atoms with Crippen molar-refractivity contribution in [3.8, 4) is 22.3 Å². The summed E-state index contributed by atoms with van der Waals surface area (Å²) in [6.45, 7) is 0. The number of hydrogen-bond donors (Lipinski definition) is 0. The van der Waals surface area contributed by atoms with E-state index in [0.717, 1.165) is 38.2 Å². The normalized spacial score (nSPS) is 11.8. The van der Waals surface area contributed by atoms with Crippen LogP contribution >= 0.6 is 7.14 Å². The second-order valence-electron chi connectivity index (χ2n) is 12.4. The summed E-state index contributed by atoms with van der Waals surface area (Å²) in [5.41, 5.74) is 4.42. The van der Waals surface area contributed by atoms with E-state index in [2.05, 4.69) is 127 Å². The van der Waals surface area contributed by atoms with Crippen molar-refractivity contribution in [1.29, 1.82) is 0 Å². The Morgan fingerprint density at radius 2 is 0.604 bits per heavy atom. The van der Waals surface area contributed by atoms with Crippen molar-refractivity contribution in [2.75, 3.05) is 0 Å². The average Bonchev–Trinajstić information content (AvgIpc) is 3.16. The summed E-state index contributed by atoms with van der Waals surface area (Å²) >= 11 is 0. The first-order valence-corrected chi connectivity index (χ1v) is 18.1. The first-order valence-electron chi connectivity index (χ1n) is 16.4. The van der Waals surface area contributed by atoms with Crippen LogP contribution in [0.25, 0.3) is 65.3 Å². The van der Waals surface area contributed by atoms with Crippen molar-refractivity contribution in [2.24, 2.45) is 0 Å². The van der Waals surface area contributed by atoms with Crippen LogP contribution in [0.2, 0.25) is 0 Å². The van der Waals surface area contributed by atoms with E-state index in [0.29, 0.717) is 0 Å². The zero-order chi connectivity index (χ0) is 32.1. The second-order valence-corrected chi connectivity index (χ2v) is 15.2. The third-order valence-corrected chi connectivity index (χ3v) is 12.7. The highest BCUT2D eigenvalue weighted by Gasteiger charge is 2.31. The Bertz CT molecular complexity index is 2400. The molecular formula is C46H31OP. The highest BCUT2D eigenvalue weighted by atomic mass is 31.2. The standard InChI is InChI=1S/C46H31OP/c47-48(38-19-3-1-4-20-38,39-21-5-2-6-22-39)40-30-36(45-41-23-11-7-15-32(41)27-33-16-8-12-24-42(33)45)29-37(31-40)46-43-25-13-9-17-34(43)28-35-18-10-14-26-44(35)46/h1-31H. The van der Waals surface area contributed by atoms with Crippen LogP contribution < -0.4 is 15.9 Å². The third kappa shape index (κ3) is 4.59. The Morgan fingerprint density at radius 1 is 0.292 bits per heavy atom. The fourth-order valence-electron chi connectivity index (χ4n) is 7.45. The summed E-state index contributed by atoms with van der Waals surface area (Å²) in [5.74, 6) is 0. The van der Waals surface area contributed by atoms with Crippen molar-refractivity contribution in [3.63, 3.8) is 0 Å². The Balaban J connectivity index is 1.47. The van der Waals surface area contributed by atoms with Crippen LogP contribution in [0.4, 0.5) is 0 Å². The quantitative estimate of drug-likeness (QED) is 0.137. The van der Waals surface area contributed by atoms with Gasteiger partial charge >= 0.3 is 0 Å². The molecule has 0 saturated carbocycles. The summed E-state index contributed by atoms with van der Waals surface area (Å²) in [4.78, 5) is 0. The van der Waals surface area contributed by atoms with Gasteiger partial charge in [-0.15, -0.1) is 0 Å². The molecule has 9 rings (SSSR count). The highest BCUT2D eigenvalue weighted by molar-refractivity contribution is 7.85. The van der Waals surface area contributed by atoms with E-state index < -0.39 is 7.14 Å². The number of benzene rings is 9. The molecule has 0 aliphatic heterocycles. The monoisotopic (exact) mass is 630 g/mol. The number of fused-ring (bicyclic) bond motifs is 4. The van der Waals surface area contributed by atoms with Gasteiger partial charge in [0.1, 0.15) is 0 Å². The van der Waals surface area contributed by atoms with Gasteiger partial charge in [-0.1, -0.05) is 158 Å². The zero-order valence-corrected chi connectivity index (χ0v) is 27.1. The van der Waals surface area contributed by atoms with Crippen LogP contribution in [0.3, 0.4) is 0 Å². The molecule has 0 fully saturated rings. The molecule has 0 unspecified atom stereocenters. The molecule has 0 radical (unpaired) electrons. The summed E-state index contributed by atoms with van der Waals surface area (Å²) in [7, 11) is -3.31. The lowest BCUT2D eigenvalue weighted by Gasteiger charge is -2.23. The van der Waals surface area contributed by atoms with E-state index in [4.69, 9.17) is 0 Å². The van der Waals surface area contributed by atoms with E-state index in [1.165, 1.54) is 43.1 Å². The molecule has 0 atom stereocenters. The maximum atomic E-state index is 16.0. The van der Waals surface area contributed by atoms with Crippen LogP contribution in [-0.2, 0) is 4.57 Å². The van der Waals surface area contributed by atoms with Gasteiger partial charge in [-0.05, 0) is 95.7 Å². The fraction of sp³-hybridized carbons (Fsp3) is 0. The molecule has 0 aliphatic rings. The number of hydrogen-bond acceptors (Lipinski definition) is 1. The van der Waals surface area contributed by atoms with Crippen LogP contribution in [0.1, 0.15) is 0 Å². The van der Waals surface area contributed by atoms with Crippen molar-refractivity contribution in [1.82, 2.24) is 0 Å². The molecule has 0 aliphatic carbocycles. The van der Waals surface area contributed by atoms with Crippen LogP contribution in [0.15, 0.2) is 188 Å². The smallest absolute Gasteiger partial charge is 0.171 e. The molecule has 226 valence electrons. The molecule has 1 nitrogen and oxygen atoms in total. The first-order chi connectivity index (χ1) is 23.7. The predicted octanol–water partition coefficient (Wildman–Crippen LogP) is 11.3. The number of rotatable bonds is 5. The molecule has 0 N–H and O–H groups in total. The van der Waals surface area contributed by atoms with Gasteiger partial charge in [0, 0.05) is 15.9 Å². The van der Waals surface area contributed by atoms with Gasteiger partial charge in [0.2, 0.25) is 0 Å². The molecule has 48 heavy (non-hydrogen) atoms. The topological polar surface area (TPSA) is 17.1 Å². The van der Waals surface area contributed by atoms with Gasteiger partial charge in [0.05, 0.1) is 0 Å². The minimum atomic E-state index is -3.31. The largest absolute Gasteiger partial charge is 0.309 e. The lowest BCUT2D eigenvalue weighted by Crippen LogP contribution is -2.25. The van der Waals surface area contributed by atoms with Gasteiger partial charge in [0.25, 0.3) is 0 Å². The Morgan fingerprint density at radius 3 is 0.958 bits per heavy atom. The van der Waals surface area contributed by atoms with E-state index >= 15 is 4.57 Å². The Kier molecular flexibility index (Phi) is 6.82. The fourth-order valence-corrected chi connectivity index (χ4v) is 10.2. The lowest BCUT2D eigenvalue weighted by molar-refractivity contribution is 0.592. The molecule has 0 aromatic heterocycles. The van der Waals surface area contributed by atoms with E-state index in [1.54, 1.807) is 0 Å². The van der Waals surface area contributed by atoms with Crippen molar-refractivity contribution < 1.29 is 4.57 Å². The molecule has 9 aromatic carbocycles. The van der Waals surface area contributed by atoms with Crippen LogP contribution in [0.5, 0.6) is 0 Å². The minimum Gasteiger partial charge on any atom is -0.309 e. The molecule has 0 heterocycles. The molecule has 2 heteroatoms. The third-order valence-electron chi connectivity index (χ3n) is 9.64. The first kappa shape index (κ1) is 28.5. The molecule has 0 spiro atoms. The van der Waals surface area contributed by atoms with Gasteiger partial charge < -0.3 is 4.57 Å². The van der Waals surface area contributed by atoms with Crippen LogP contribution in [-0.4, -0.2) is 0 Å². The van der Waals surface area contributed by atoms with Gasteiger partial charge in [0.15, 0.2) is 7.14 Å². The van der Waals surface area contributed by atoms with Crippen molar-refractivity contribution in [2.45, 2.75) is 0 Å². The minimum absolute atomic E-state index is 0.821. The zero-order valence-electron chi connectivity index (χ0n) is 26.3. The Labute approximate surface area is 280 Å². The van der Waals surface area contributed by atoms with Gasteiger partial charge in [-0.25, -0.2) is 0 Å². The SMILES string of the molecule is O=P(c1ccccc1)(c1ccccc1)c1cc(-c2c3ccccc3cc3ccccc23)cc(-c2c3ccccc3cc3ccccc23)c1. The second kappa shape index (κ2) is 11.5. The molecule has 0 amide bonds. The molecular weight excluding hydrogens is 599 g/mol. The average molecular weight is 631 g/mol. The maximum absolute atomic E-state index is 16.0. The summed E-state index contributed by atoms with van der Waals surface area (Å²) in [5, 5.41) is 11.9. The molecule has 9 aromatic rings. The summed E-state index contributed by atoms with van der Waals surface area (Å²) < 4.78 is 16.0. The molecule has 0 bridgehead atoms. The van der Waals surface area contributed by atoms with E-state index in [9.17, 15) is 0 Å². The predicted molar refractivity (Wildman–Crippen MR) is 207 cm³/mol. The van der Waals surface area contributed by atoms with Crippen molar-refractivity contribution in [3.05, 3.63) is 188 Å². The maximum Gasteiger partial charge on any atom is 0.171 e. The van der Waals surface area contributed by atoms with Gasteiger partial charge in [-0.3, -0.25) is 0 Å². The molecule has 0 saturated heterocycles. The Hall–Kier alpha value is -5.75. The summed E-state index contributed by atoms with van der Waals surface area (Å²) in [6, 6.07) is 65.7.